The maximum Gasteiger partial charge on any atom is 0.242 e. The molecular weight excluding hydrogens is 202 g/mol. The van der Waals surface area contributed by atoms with E-state index in [2.05, 4.69) is 12.2 Å². The van der Waals surface area contributed by atoms with Crippen molar-refractivity contribution in [2.75, 3.05) is 20.1 Å². The van der Waals surface area contributed by atoms with Crippen molar-refractivity contribution in [3.05, 3.63) is 24.0 Å². The van der Waals surface area contributed by atoms with Crippen molar-refractivity contribution in [1.29, 1.82) is 0 Å². The number of rotatable bonds is 6. The summed E-state index contributed by atoms with van der Waals surface area (Å²) in [6, 6.07) is 2.04. The molecule has 90 valence electrons. The third-order valence-electron chi connectivity index (χ3n) is 2.61. The third-order valence-corrected chi connectivity index (χ3v) is 2.61. The van der Waals surface area contributed by atoms with Gasteiger partial charge >= 0.3 is 0 Å². The zero-order valence-corrected chi connectivity index (χ0v) is 10.4. The van der Waals surface area contributed by atoms with E-state index in [-0.39, 0.29) is 5.91 Å². The van der Waals surface area contributed by atoms with Gasteiger partial charge in [-0.15, -0.1) is 0 Å². The van der Waals surface area contributed by atoms with Crippen LogP contribution in [-0.4, -0.2) is 35.5 Å². The van der Waals surface area contributed by atoms with Crippen LogP contribution in [0.25, 0.3) is 0 Å². The van der Waals surface area contributed by atoms with Gasteiger partial charge in [0.15, 0.2) is 0 Å². The first-order valence-electron chi connectivity index (χ1n) is 5.76. The molecule has 1 aromatic rings. The number of hydrogen-bond acceptors (Lipinski definition) is 2. The topological polar surface area (TPSA) is 37.3 Å². The van der Waals surface area contributed by atoms with Crippen molar-refractivity contribution < 1.29 is 4.79 Å². The van der Waals surface area contributed by atoms with Crippen LogP contribution in [0.2, 0.25) is 0 Å². The molecule has 1 N–H and O–H groups in total. The maximum absolute atomic E-state index is 11.7. The highest BCUT2D eigenvalue weighted by Gasteiger charge is 2.07. The number of nitrogens with zero attached hydrogens (tertiary/aromatic N) is 2. The minimum atomic E-state index is 0.146. The van der Waals surface area contributed by atoms with Gasteiger partial charge in [0.25, 0.3) is 0 Å². The first-order valence-corrected chi connectivity index (χ1v) is 5.76. The Morgan fingerprint density at radius 3 is 2.88 bits per heavy atom. The van der Waals surface area contributed by atoms with E-state index in [9.17, 15) is 4.79 Å². The predicted molar refractivity (Wildman–Crippen MR) is 65.1 cm³/mol. The second kappa shape index (κ2) is 6.33. The fourth-order valence-electron chi connectivity index (χ4n) is 1.42. The molecule has 0 radical (unpaired) electrons. The smallest absolute Gasteiger partial charge is 0.242 e. The van der Waals surface area contributed by atoms with Crippen molar-refractivity contribution in [3.63, 3.8) is 0 Å². The Hall–Kier alpha value is -1.29. The van der Waals surface area contributed by atoms with Crippen LogP contribution in [0.4, 0.5) is 0 Å². The first-order chi connectivity index (χ1) is 7.67. The lowest BCUT2D eigenvalue weighted by molar-refractivity contribution is -0.130. The molecule has 1 heterocycles. The van der Waals surface area contributed by atoms with Crippen LogP contribution in [0, 0.1) is 0 Å². The van der Waals surface area contributed by atoms with Gasteiger partial charge in [0, 0.05) is 32.5 Å². The van der Waals surface area contributed by atoms with Crippen LogP contribution >= 0.6 is 0 Å². The Bertz CT molecular complexity index is 333. The summed E-state index contributed by atoms with van der Waals surface area (Å²) in [5.74, 6) is 0.146. The predicted octanol–water partition coefficient (Wildman–Crippen LogP) is 1.08. The van der Waals surface area contributed by atoms with E-state index in [1.165, 1.54) is 5.56 Å². The highest BCUT2D eigenvalue weighted by molar-refractivity contribution is 5.75. The molecule has 1 amide bonds. The summed E-state index contributed by atoms with van der Waals surface area (Å²) in [7, 11) is 1.82. The van der Waals surface area contributed by atoms with Crippen molar-refractivity contribution >= 4 is 5.91 Å². The van der Waals surface area contributed by atoms with E-state index in [0.29, 0.717) is 6.54 Å². The number of hydrogen-bond donors (Lipinski definition) is 1. The van der Waals surface area contributed by atoms with Crippen molar-refractivity contribution in [2.24, 2.45) is 0 Å². The zero-order valence-electron chi connectivity index (χ0n) is 10.4. The van der Waals surface area contributed by atoms with Crippen LogP contribution in [0.15, 0.2) is 18.5 Å². The van der Waals surface area contributed by atoms with Crippen LogP contribution in [0.1, 0.15) is 19.4 Å². The second-order valence-electron chi connectivity index (χ2n) is 3.88. The molecule has 0 saturated heterocycles. The van der Waals surface area contributed by atoms with Gasteiger partial charge in [-0.2, -0.15) is 0 Å². The highest BCUT2D eigenvalue weighted by atomic mass is 16.2. The molecule has 0 fully saturated rings. The van der Waals surface area contributed by atoms with Gasteiger partial charge in [-0.25, -0.2) is 0 Å². The average Bonchev–Trinajstić information content (AvgIpc) is 2.72. The molecule has 0 unspecified atom stereocenters. The summed E-state index contributed by atoms with van der Waals surface area (Å²) >= 11 is 0. The Labute approximate surface area is 97.2 Å². The number of aromatic nitrogens is 1. The summed E-state index contributed by atoms with van der Waals surface area (Å²) in [6.07, 6.45) is 3.97. The Kier molecular flexibility index (Phi) is 5.05. The minimum Gasteiger partial charge on any atom is -0.345 e. The summed E-state index contributed by atoms with van der Waals surface area (Å²) in [5.41, 5.74) is 1.22. The molecule has 0 atom stereocenters. The number of amides is 1. The fraction of sp³-hybridized carbons (Fsp3) is 0.583. The average molecular weight is 223 g/mol. The van der Waals surface area contributed by atoms with Crippen LogP contribution < -0.4 is 5.32 Å². The molecular formula is C12H21N3O. The molecule has 1 rings (SSSR count). The van der Waals surface area contributed by atoms with Crippen LogP contribution in [0.3, 0.4) is 0 Å². The lowest BCUT2D eigenvalue weighted by atomic mass is 10.3. The quantitative estimate of drug-likeness (QED) is 0.783. The number of carbonyl (C=O) groups is 1. The van der Waals surface area contributed by atoms with Gasteiger partial charge in [0.1, 0.15) is 6.54 Å². The first kappa shape index (κ1) is 12.8. The lowest BCUT2D eigenvalue weighted by Gasteiger charge is -2.14. The van der Waals surface area contributed by atoms with E-state index in [1.54, 1.807) is 4.90 Å². The van der Waals surface area contributed by atoms with E-state index < -0.39 is 0 Å². The summed E-state index contributed by atoms with van der Waals surface area (Å²) in [6.45, 7) is 7.06. The molecule has 0 aliphatic heterocycles. The monoisotopic (exact) mass is 223 g/mol. The maximum atomic E-state index is 11.7. The lowest BCUT2D eigenvalue weighted by Crippen LogP contribution is -2.29. The van der Waals surface area contributed by atoms with Gasteiger partial charge in [-0.05, 0) is 25.1 Å². The number of likely N-dealkylation sites (N-methyl/N-ethyl adjacent to an activating group) is 1. The molecule has 4 nitrogen and oxygen atoms in total. The molecule has 1 aromatic heterocycles. The van der Waals surface area contributed by atoms with Crippen LogP contribution in [-0.2, 0) is 17.9 Å². The number of carbonyl (C=O) groups excluding carboxylic acids is 1. The molecule has 4 heteroatoms. The Morgan fingerprint density at radius 1 is 1.50 bits per heavy atom. The van der Waals surface area contributed by atoms with E-state index in [0.717, 1.165) is 19.6 Å². The Morgan fingerprint density at radius 2 is 2.25 bits per heavy atom. The normalized spacial score (nSPS) is 10.4. The molecule has 0 aromatic carbocycles. The van der Waals surface area contributed by atoms with Crippen molar-refractivity contribution in [3.8, 4) is 0 Å². The summed E-state index contributed by atoms with van der Waals surface area (Å²) in [5, 5.41) is 3.26. The molecule has 0 saturated carbocycles. The zero-order chi connectivity index (χ0) is 12.0. The molecule has 0 aliphatic rings. The molecule has 16 heavy (non-hydrogen) atoms. The van der Waals surface area contributed by atoms with E-state index in [1.807, 2.05) is 37.0 Å². The highest BCUT2D eigenvalue weighted by Crippen LogP contribution is 2.01. The molecule has 0 aliphatic carbocycles. The van der Waals surface area contributed by atoms with Gasteiger partial charge in [-0.1, -0.05) is 6.92 Å². The van der Waals surface area contributed by atoms with Gasteiger partial charge in [0.05, 0.1) is 0 Å². The molecule has 0 bridgehead atoms. The van der Waals surface area contributed by atoms with Gasteiger partial charge in [0.2, 0.25) is 5.91 Å². The SMILES string of the molecule is CCNCc1ccn(CC(=O)N(C)CC)c1. The minimum absolute atomic E-state index is 0.146. The fourth-order valence-corrected chi connectivity index (χ4v) is 1.42. The third kappa shape index (κ3) is 3.70. The summed E-state index contributed by atoms with van der Waals surface area (Å²) in [4.78, 5) is 13.4. The van der Waals surface area contributed by atoms with E-state index >= 15 is 0 Å². The molecule has 0 spiro atoms. The van der Waals surface area contributed by atoms with Gasteiger partial charge in [-0.3, -0.25) is 4.79 Å². The Balaban J connectivity index is 2.48. The van der Waals surface area contributed by atoms with E-state index in [4.69, 9.17) is 0 Å². The van der Waals surface area contributed by atoms with Gasteiger partial charge < -0.3 is 14.8 Å². The number of nitrogens with one attached hydrogen (secondary N) is 1. The summed E-state index contributed by atoms with van der Waals surface area (Å²) < 4.78 is 1.93. The second-order valence-corrected chi connectivity index (χ2v) is 3.88. The largest absolute Gasteiger partial charge is 0.345 e. The van der Waals surface area contributed by atoms with Crippen molar-refractivity contribution in [2.45, 2.75) is 26.9 Å². The standard InChI is InChI=1S/C12H21N3O/c1-4-13-8-11-6-7-15(9-11)10-12(16)14(3)5-2/h6-7,9,13H,4-5,8,10H2,1-3H3. The van der Waals surface area contributed by atoms with Crippen molar-refractivity contribution in [1.82, 2.24) is 14.8 Å². The van der Waals surface area contributed by atoms with Crippen LogP contribution in [0.5, 0.6) is 0 Å².